The molecule has 8 rings (SSSR count). The average Bonchev–Trinajstić information content (AvgIpc) is 3.09. The van der Waals surface area contributed by atoms with Crippen molar-refractivity contribution in [2.75, 3.05) is 6.54 Å². The van der Waals surface area contributed by atoms with E-state index in [0.29, 0.717) is 0 Å². The van der Waals surface area contributed by atoms with Crippen LogP contribution in [-0.2, 0) is 0 Å². The predicted octanol–water partition coefficient (Wildman–Crippen LogP) is 8.69. The number of hydrogen-bond acceptors (Lipinski definition) is 4. The van der Waals surface area contributed by atoms with E-state index in [4.69, 9.17) is 0 Å². The number of hydrogen-bond donors (Lipinski definition) is 1. The summed E-state index contributed by atoms with van der Waals surface area (Å²) in [4.78, 5) is 13.7. The number of nitrogens with zero attached hydrogens (tertiary/aromatic N) is 3. The monoisotopic (exact) mass is 538 g/mol. The molecular weight excluding hydrogens is 512 g/mol. The minimum absolute atomic E-state index is 0.761. The molecule has 0 amide bonds. The zero-order valence-corrected chi connectivity index (χ0v) is 22.8. The van der Waals surface area contributed by atoms with Gasteiger partial charge in [-0.2, -0.15) is 0 Å². The highest BCUT2D eigenvalue weighted by Gasteiger charge is 2.14. The zero-order valence-electron chi connectivity index (χ0n) is 22.8. The normalized spacial score (nSPS) is 13.1. The highest BCUT2D eigenvalue weighted by molar-refractivity contribution is 6.26. The van der Waals surface area contributed by atoms with Crippen LogP contribution in [0.15, 0.2) is 140 Å². The molecule has 0 fully saturated rings. The Morgan fingerprint density at radius 2 is 1.12 bits per heavy atom. The Balaban J connectivity index is 1.31. The topological polar surface area (TPSA) is 50.7 Å². The van der Waals surface area contributed by atoms with Crippen molar-refractivity contribution in [2.45, 2.75) is 0 Å². The molecule has 0 unspecified atom stereocenters. The minimum Gasteiger partial charge on any atom is -0.386 e. The standard InChI is InChI=1S/C38H26N4/c1-2-8-32-31(7-1)33-13-11-25(27-17-29(23-39-21-27)37-9-3-5-15-41-37)19-35(33)36-20-26(12-14-34(32)36)28-18-30(24-40-22-28)38-10-4-6-16-42-38/h1-23,40H,24H2. The molecule has 42 heavy (non-hydrogen) atoms. The first-order valence-corrected chi connectivity index (χ1v) is 14.1. The number of allylic oxidation sites excluding steroid dienone is 2. The van der Waals surface area contributed by atoms with Gasteiger partial charge < -0.3 is 5.32 Å². The number of pyridine rings is 3. The Morgan fingerprint density at radius 1 is 0.500 bits per heavy atom. The van der Waals surface area contributed by atoms with Crippen LogP contribution in [0, 0.1) is 0 Å². The number of aromatic nitrogens is 3. The third-order valence-corrected chi connectivity index (χ3v) is 8.08. The van der Waals surface area contributed by atoms with E-state index in [0.717, 1.165) is 40.2 Å². The lowest BCUT2D eigenvalue weighted by atomic mass is 9.90. The summed E-state index contributed by atoms with van der Waals surface area (Å²) in [6.45, 7) is 0.761. The maximum atomic E-state index is 4.57. The van der Waals surface area contributed by atoms with Crippen LogP contribution >= 0.6 is 0 Å². The SMILES string of the molecule is C1=C(c2ccc3c4ccccc4c4ccc(-c5cncc(-c6ccccn6)c5)cc4c3c2)C=C(c2ccccn2)CN1. The molecule has 0 spiro atoms. The minimum atomic E-state index is 0.761. The van der Waals surface area contributed by atoms with Crippen molar-refractivity contribution in [1.29, 1.82) is 0 Å². The van der Waals surface area contributed by atoms with Gasteiger partial charge in [-0.25, -0.2) is 0 Å². The first kappa shape index (κ1) is 24.2. The summed E-state index contributed by atoms with van der Waals surface area (Å²) in [7, 11) is 0. The second-order valence-corrected chi connectivity index (χ2v) is 10.6. The lowest BCUT2D eigenvalue weighted by Gasteiger charge is -2.17. The Bertz CT molecular complexity index is 2180. The van der Waals surface area contributed by atoms with Crippen molar-refractivity contribution in [3.8, 4) is 22.4 Å². The molecule has 4 heterocycles. The molecule has 7 aromatic rings. The lowest BCUT2D eigenvalue weighted by Crippen LogP contribution is -2.14. The molecule has 1 N–H and O–H groups in total. The van der Waals surface area contributed by atoms with E-state index in [1.807, 2.05) is 55.1 Å². The second-order valence-electron chi connectivity index (χ2n) is 10.6. The van der Waals surface area contributed by atoms with Gasteiger partial charge in [0.15, 0.2) is 0 Å². The van der Waals surface area contributed by atoms with Gasteiger partial charge in [0.25, 0.3) is 0 Å². The van der Waals surface area contributed by atoms with E-state index in [-0.39, 0.29) is 0 Å². The smallest absolute Gasteiger partial charge is 0.0717 e. The van der Waals surface area contributed by atoms with Crippen molar-refractivity contribution in [2.24, 2.45) is 0 Å². The van der Waals surface area contributed by atoms with Crippen LogP contribution in [0.1, 0.15) is 11.3 Å². The molecule has 3 aromatic heterocycles. The summed E-state index contributed by atoms with van der Waals surface area (Å²) in [6.07, 6.45) is 11.8. The fraction of sp³-hybridized carbons (Fsp3) is 0.0263. The summed E-state index contributed by atoms with van der Waals surface area (Å²) in [5, 5.41) is 10.9. The van der Waals surface area contributed by atoms with Crippen LogP contribution in [-0.4, -0.2) is 21.5 Å². The molecule has 4 heteroatoms. The molecule has 4 nitrogen and oxygen atoms in total. The van der Waals surface area contributed by atoms with Crippen LogP contribution in [0.5, 0.6) is 0 Å². The summed E-state index contributed by atoms with van der Waals surface area (Å²) >= 11 is 0. The molecule has 0 aliphatic carbocycles. The van der Waals surface area contributed by atoms with Gasteiger partial charge in [0.2, 0.25) is 0 Å². The summed E-state index contributed by atoms with van der Waals surface area (Å²) in [6, 6.07) is 36.5. The van der Waals surface area contributed by atoms with Crippen molar-refractivity contribution in [3.05, 3.63) is 151 Å². The van der Waals surface area contributed by atoms with Gasteiger partial charge in [0.1, 0.15) is 0 Å². The maximum absolute atomic E-state index is 4.57. The van der Waals surface area contributed by atoms with Crippen LogP contribution in [0.25, 0.3) is 65.8 Å². The number of dihydropyridines is 1. The van der Waals surface area contributed by atoms with E-state index in [1.165, 1.54) is 43.5 Å². The highest BCUT2D eigenvalue weighted by atomic mass is 14.8. The molecule has 0 bridgehead atoms. The van der Waals surface area contributed by atoms with E-state index in [1.54, 1.807) is 0 Å². The molecular formula is C38H26N4. The zero-order chi connectivity index (χ0) is 27.9. The van der Waals surface area contributed by atoms with Gasteiger partial charge in [-0.05, 0) is 103 Å². The van der Waals surface area contributed by atoms with Crippen LogP contribution < -0.4 is 5.32 Å². The van der Waals surface area contributed by atoms with Crippen molar-refractivity contribution in [1.82, 2.24) is 20.3 Å². The predicted molar refractivity (Wildman–Crippen MR) is 174 cm³/mol. The molecule has 0 saturated carbocycles. The lowest BCUT2D eigenvalue weighted by molar-refractivity contribution is 0.982. The van der Waals surface area contributed by atoms with Gasteiger partial charge in [0, 0.05) is 48.7 Å². The molecule has 0 radical (unpaired) electrons. The molecule has 198 valence electrons. The summed E-state index contributed by atoms with van der Waals surface area (Å²) < 4.78 is 0. The second kappa shape index (κ2) is 10.1. The van der Waals surface area contributed by atoms with Gasteiger partial charge in [-0.1, -0.05) is 60.7 Å². The van der Waals surface area contributed by atoms with Crippen LogP contribution in [0.3, 0.4) is 0 Å². The summed E-state index contributed by atoms with van der Waals surface area (Å²) in [5.74, 6) is 0. The van der Waals surface area contributed by atoms with Crippen LogP contribution in [0.4, 0.5) is 0 Å². The number of fused-ring (bicyclic) bond motifs is 6. The third-order valence-electron chi connectivity index (χ3n) is 8.08. The number of benzene rings is 4. The van der Waals surface area contributed by atoms with Gasteiger partial charge >= 0.3 is 0 Å². The van der Waals surface area contributed by atoms with E-state index in [2.05, 4.69) is 105 Å². The van der Waals surface area contributed by atoms with Gasteiger partial charge in [0.05, 0.1) is 11.4 Å². The quantitative estimate of drug-likeness (QED) is 0.228. The fourth-order valence-electron chi connectivity index (χ4n) is 6.02. The maximum Gasteiger partial charge on any atom is 0.0717 e. The number of rotatable bonds is 4. The summed E-state index contributed by atoms with van der Waals surface area (Å²) in [5.41, 5.74) is 8.62. The van der Waals surface area contributed by atoms with E-state index in [9.17, 15) is 0 Å². The van der Waals surface area contributed by atoms with Gasteiger partial charge in [-0.3, -0.25) is 15.0 Å². The Kier molecular flexibility index (Phi) is 5.82. The average molecular weight is 539 g/mol. The van der Waals surface area contributed by atoms with E-state index < -0.39 is 0 Å². The third kappa shape index (κ3) is 4.21. The molecule has 1 aliphatic rings. The van der Waals surface area contributed by atoms with Crippen molar-refractivity contribution < 1.29 is 0 Å². The Labute approximate surface area is 243 Å². The number of nitrogens with one attached hydrogen (secondary N) is 1. The van der Waals surface area contributed by atoms with Crippen molar-refractivity contribution in [3.63, 3.8) is 0 Å². The Morgan fingerprint density at radius 3 is 1.83 bits per heavy atom. The first-order chi connectivity index (χ1) is 20.8. The van der Waals surface area contributed by atoms with Crippen LogP contribution in [0.2, 0.25) is 0 Å². The molecule has 0 atom stereocenters. The fourth-order valence-corrected chi connectivity index (χ4v) is 6.02. The van der Waals surface area contributed by atoms with E-state index >= 15 is 0 Å². The largest absolute Gasteiger partial charge is 0.386 e. The molecule has 4 aromatic carbocycles. The Hall–Kier alpha value is -5.61. The first-order valence-electron chi connectivity index (χ1n) is 14.1. The molecule has 1 aliphatic heterocycles. The highest BCUT2D eigenvalue weighted by Crippen LogP contribution is 2.39. The molecule has 0 saturated heterocycles. The van der Waals surface area contributed by atoms with Crippen molar-refractivity contribution >= 4 is 43.5 Å². The van der Waals surface area contributed by atoms with Gasteiger partial charge in [-0.15, -0.1) is 0 Å².